The fourth-order valence-electron chi connectivity index (χ4n) is 2.91. The summed E-state index contributed by atoms with van der Waals surface area (Å²) in [6.45, 7) is 3.45. The highest BCUT2D eigenvalue weighted by molar-refractivity contribution is 5.83. The second-order valence-corrected chi connectivity index (χ2v) is 6.29. The smallest absolute Gasteiger partial charge is 0.227 e. The molecular formula is C20H23F2NO2. The number of amides is 1. The third-order valence-corrected chi connectivity index (χ3v) is 4.25. The number of aliphatic hydroxyl groups is 1. The van der Waals surface area contributed by atoms with E-state index in [2.05, 4.69) is 5.32 Å². The van der Waals surface area contributed by atoms with Gasteiger partial charge in [0.2, 0.25) is 5.91 Å². The van der Waals surface area contributed by atoms with Crippen LogP contribution < -0.4 is 5.32 Å². The fourth-order valence-corrected chi connectivity index (χ4v) is 2.91. The van der Waals surface area contributed by atoms with Gasteiger partial charge in [-0.25, -0.2) is 8.78 Å². The zero-order valence-corrected chi connectivity index (χ0v) is 14.4. The van der Waals surface area contributed by atoms with Gasteiger partial charge in [-0.3, -0.25) is 4.79 Å². The van der Waals surface area contributed by atoms with E-state index in [1.165, 1.54) is 13.0 Å². The lowest BCUT2D eigenvalue weighted by atomic mass is 9.92. The van der Waals surface area contributed by atoms with Crippen molar-refractivity contribution >= 4 is 5.91 Å². The number of carbonyl (C=O) groups excluding carboxylic acids is 1. The molecule has 0 aromatic heterocycles. The number of aliphatic hydroxyl groups excluding tert-OH is 1. The van der Waals surface area contributed by atoms with Crippen LogP contribution in [0.3, 0.4) is 0 Å². The van der Waals surface area contributed by atoms with Gasteiger partial charge < -0.3 is 10.4 Å². The third-order valence-electron chi connectivity index (χ3n) is 4.25. The maximum absolute atomic E-state index is 13.8. The van der Waals surface area contributed by atoms with Crippen LogP contribution in [-0.4, -0.2) is 23.7 Å². The van der Waals surface area contributed by atoms with Gasteiger partial charge in [0.1, 0.15) is 11.6 Å². The van der Waals surface area contributed by atoms with Gasteiger partial charge in [0.05, 0.1) is 12.0 Å². The minimum atomic E-state index is -0.941. The summed E-state index contributed by atoms with van der Waals surface area (Å²) in [6.07, 6.45) is -0.0456. The Morgan fingerprint density at radius 1 is 1.04 bits per heavy atom. The van der Waals surface area contributed by atoms with E-state index in [1.807, 2.05) is 30.3 Å². The van der Waals surface area contributed by atoms with Crippen molar-refractivity contribution in [2.45, 2.75) is 38.2 Å². The summed E-state index contributed by atoms with van der Waals surface area (Å²) in [5.74, 6) is -2.93. The molecule has 2 rings (SSSR count). The van der Waals surface area contributed by atoms with Crippen molar-refractivity contribution in [3.8, 4) is 0 Å². The number of nitrogens with one attached hydrogen (secondary N) is 1. The first-order valence-corrected chi connectivity index (χ1v) is 8.34. The standard InChI is InChI=1S/C20H23F2NO2/c1-13(24)11-16(15-7-4-3-5-8-15)12-23-20(25)14(2)19-17(21)9-6-10-18(19)22/h3-10,13-14,16,24H,11-12H2,1-2H3,(H,23,25). The summed E-state index contributed by atoms with van der Waals surface area (Å²) >= 11 is 0. The van der Waals surface area contributed by atoms with E-state index in [0.29, 0.717) is 6.42 Å². The summed E-state index contributed by atoms with van der Waals surface area (Å²) in [5, 5.41) is 12.5. The zero-order chi connectivity index (χ0) is 18.4. The van der Waals surface area contributed by atoms with Gasteiger partial charge in [0.15, 0.2) is 0 Å². The predicted molar refractivity (Wildman–Crippen MR) is 93.3 cm³/mol. The molecule has 2 aromatic rings. The number of carbonyl (C=O) groups is 1. The average molecular weight is 347 g/mol. The van der Waals surface area contributed by atoms with Crippen LogP contribution in [0.4, 0.5) is 8.78 Å². The molecule has 0 saturated carbocycles. The Morgan fingerprint density at radius 2 is 1.64 bits per heavy atom. The molecule has 2 N–H and O–H groups in total. The molecule has 25 heavy (non-hydrogen) atoms. The van der Waals surface area contributed by atoms with Crippen LogP contribution in [0.5, 0.6) is 0 Å². The first-order chi connectivity index (χ1) is 11.9. The minimum Gasteiger partial charge on any atom is -0.393 e. The van der Waals surface area contributed by atoms with Gasteiger partial charge in [-0.05, 0) is 38.0 Å². The second-order valence-electron chi connectivity index (χ2n) is 6.29. The van der Waals surface area contributed by atoms with E-state index >= 15 is 0 Å². The molecule has 1 amide bonds. The maximum Gasteiger partial charge on any atom is 0.227 e. The minimum absolute atomic E-state index is 0.0807. The van der Waals surface area contributed by atoms with E-state index in [9.17, 15) is 18.7 Å². The SMILES string of the molecule is CC(O)CC(CNC(=O)C(C)c1c(F)cccc1F)c1ccccc1. The lowest BCUT2D eigenvalue weighted by molar-refractivity contribution is -0.122. The largest absolute Gasteiger partial charge is 0.393 e. The first kappa shape index (κ1) is 19.1. The van der Waals surface area contributed by atoms with E-state index in [-0.39, 0.29) is 18.0 Å². The summed E-state index contributed by atoms with van der Waals surface area (Å²) in [6, 6.07) is 13.1. The molecule has 0 aliphatic carbocycles. The van der Waals surface area contributed by atoms with Crippen molar-refractivity contribution in [1.82, 2.24) is 5.32 Å². The number of benzene rings is 2. The molecule has 5 heteroatoms. The van der Waals surface area contributed by atoms with Gasteiger partial charge in [0.25, 0.3) is 0 Å². The van der Waals surface area contributed by atoms with Crippen LogP contribution >= 0.6 is 0 Å². The molecule has 3 atom stereocenters. The number of hydrogen-bond acceptors (Lipinski definition) is 2. The van der Waals surface area contributed by atoms with E-state index in [4.69, 9.17) is 0 Å². The van der Waals surface area contributed by atoms with Gasteiger partial charge in [-0.1, -0.05) is 36.4 Å². The van der Waals surface area contributed by atoms with Crippen molar-refractivity contribution in [2.24, 2.45) is 0 Å². The first-order valence-electron chi connectivity index (χ1n) is 8.34. The van der Waals surface area contributed by atoms with Crippen LogP contribution in [0.25, 0.3) is 0 Å². The average Bonchev–Trinajstić information content (AvgIpc) is 2.58. The van der Waals surface area contributed by atoms with Crippen LogP contribution in [0.1, 0.15) is 43.2 Å². The zero-order valence-electron chi connectivity index (χ0n) is 14.4. The summed E-state index contributed by atoms with van der Waals surface area (Å²) in [7, 11) is 0. The predicted octanol–water partition coefficient (Wildman–Crippen LogP) is 3.74. The maximum atomic E-state index is 13.8. The number of rotatable bonds is 7. The van der Waals surface area contributed by atoms with E-state index < -0.39 is 29.6 Å². The summed E-state index contributed by atoms with van der Waals surface area (Å²) < 4.78 is 27.7. The molecule has 3 nitrogen and oxygen atoms in total. The lowest BCUT2D eigenvalue weighted by Gasteiger charge is -2.21. The van der Waals surface area contributed by atoms with Crippen molar-refractivity contribution in [3.63, 3.8) is 0 Å². The quantitative estimate of drug-likeness (QED) is 0.802. The number of halogens is 2. The normalized spacial score (nSPS) is 14.6. The Balaban J connectivity index is 2.08. The molecule has 0 fully saturated rings. The van der Waals surface area contributed by atoms with Crippen molar-refractivity contribution in [1.29, 1.82) is 0 Å². The van der Waals surface area contributed by atoms with Crippen LogP contribution in [0.15, 0.2) is 48.5 Å². The number of hydrogen-bond donors (Lipinski definition) is 2. The second kappa shape index (κ2) is 8.72. The Morgan fingerprint density at radius 3 is 2.20 bits per heavy atom. The molecule has 0 aliphatic heterocycles. The topological polar surface area (TPSA) is 49.3 Å². The lowest BCUT2D eigenvalue weighted by Crippen LogP contribution is -2.33. The Labute approximate surface area is 146 Å². The van der Waals surface area contributed by atoms with Crippen LogP contribution in [0, 0.1) is 11.6 Å². The van der Waals surface area contributed by atoms with Crippen molar-refractivity contribution < 1.29 is 18.7 Å². The molecule has 0 saturated heterocycles. The van der Waals surface area contributed by atoms with Gasteiger partial charge in [0, 0.05) is 18.0 Å². The van der Waals surface area contributed by atoms with Crippen molar-refractivity contribution in [2.75, 3.05) is 6.54 Å². The van der Waals surface area contributed by atoms with Gasteiger partial charge >= 0.3 is 0 Å². The van der Waals surface area contributed by atoms with Gasteiger partial charge in [-0.2, -0.15) is 0 Å². The molecule has 0 bridgehead atoms. The molecule has 3 unspecified atom stereocenters. The molecule has 134 valence electrons. The van der Waals surface area contributed by atoms with E-state index in [0.717, 1.165) is 17.7 Å². The highest BCUT2D eigenvalue weighted by Crippen LogP contribution is 2.24. The summed E-state index contributed by atoms with van der Waals surface area (Å²) in [4.78, 5) is 12.4. The Hall–Kier alpha value is -2.27. The molecular weight excluding hydrogens is 324 g/mol. The van der Waals surface area contributed by atoms with E-state index in [1.54, 1.807) is 6.92 Å². The van der Waals surface area contributed by atoms with Gasteiger partial charge in [-0.15, -0.1) is 0 Å². The monoisotopic (exact) mass is 347 g/mol. The molecule has 0 radical (unpaired) electrons. The summed E-state index contributed by atoms with van der Waals surface area (Å²) in [5.41, 5.74) is 0.764. The fraction of sp³-hybridized carbons (Fsp3) is 0.350. The van der Waals surface area contributed by atoms with Crippen LogP contribution in [-0.2, 0) is 4.79 Å². The van der Waals surface area contributed by atoms with Crippen LogP contribution in [0.2, 0.25) is 0 Å². The Kier molecular flexibility index (Phi) is 6.65. The molecule has 2 aromatic carbocycles. The highest BCUT2D eigenvalue weighted by Gasteiger charge is 2.23. The Bertz CT molecular complexity index is 684. The molecule has 0 heterocycles. The highest BCUT2D eigenvalue weighted by atomic mass is 19.1. The van der Waals surface area contributed by atoms with Crippen molar-refractivity contribution in [3.05, 3.63) is 71.3 Å². The molecule has 0 spiro atoms. The molecule has 0 aliphatic rings. The third kappa shape index (κ3) is 5.10.